The Morgan fingerprint density at radius 2 is 1.87 bits per heavy atom. The molecular formula is C19H31N9OS. The number of carbonyl (C=O) groups is 1. The van der Waals surface area contributed by atoms with Crippen molar-refractivity contribution in [3.8, 4) is 0 Å². The number of fused-ring (bicyclic) bond motifs is 1. The molecule has 1 atom stereocenters. The number of nitrogens with one attached hydrogen (secondary N) is 2. The minimum absolute atomic E-state index is 0.175. The molecule has 0 spiro atoms. The van der Waals surface area contributed by atoms with Gasteiger partial charge in [0.05, 0.1) is 5.75 Å². The summed E-state index contributed by atoms with van der Waals surface area (Å²) in [5, 5.41) is 15.4. The van der Waals surface area contributed by atoms with Crippen LogP contribution in [-0.4, -0.2) is 91.3 Å². The van der Waals surface area contributed by atoms with Crippen molar-refractivity contribution in [2.45, 2.75) is 50.7 Å². The SMILES string of the molecule is CCNc1nc(NCC)n2c(SCC(=O)N3CCCC3CN3CCCC3)nnc2n1. The molecule has 4 heterocycles. The van der Waals surface area contributed by atoms with Gasteiger partial charge in [0.1, 0.15) is 0 Å². The first kappa shape index (κ1) is 21.1. The van der Waals surface area contributed by atoms with Crippen molar-refractivity contribution in [1.29, 1.82) is 0 Å². The zero-order valence-electron chi connectivity index (χ0n) is 17.8. The fourth-order valence-corrected chi connectivity index (χ4v) is 5.04. The highest BCUT2D eigenvalue weighted by atomic mass is 32.2. The molecule has 2 fully saturated rings. The lowest BCUT2D eigenvalue weighted by molar-refractivity contribution is -0.129. The van der Waals surface area contributed by atoms with E-state index >= 15 is 0 Å². The first-order valence-electron chi connectivity index (χ1n) is 10.9. The van der Waals surface area contributed by atoms with E-state index in [0.29, 0.717) is 41.2 Å². The number of likely N-dealkylation sites (tertiary alicyclic amines) is 2. The van der Waals surface area contributed by atoms with Gasteiger partial charge in [-0.1, -0.05) is 11.8 Å². The summed E-state index contributed by atoms with van der Waals surface area (Å²) >= 11 is 1.40. The van der Waals surface area contributed by atoms with Crippen LogP contribution in [0.3, 0.4) is 0 Å². The first-order chi connectivity index (χ1) is 14.7. The summed E-state index contributed by atoms with van der Waals surface area (Å²) in [6, 6.07) is 0.342. The van der Waals surface area contributed by atoms with Crippen LogP contribution in [0.1, 0.15) is 39.5 Å². The van der Waals surface area contributed by atoms with Gasteiger partial charge in [0.15, 0.2) is 5.16 Å². The van der Waals surface area contributed by atoms with Crippen molar-refractivity contribution >= 4 is 35.3 Å². The lowest BCUT2D eigenvalue weighted by Gasteiger charge is -2.28. The van der Waals surface area contributed by atoms with E-state index in [1.807, 2.05) is 13.8 Å². The average molecular weight is 434 g/mol. The Labute approximate surface area is 181 Å². The van der Waals surface area contributed by atoms with Crippen LogP contribution in [-0.2, 0) is 4.79 Å². The van der Waals surface area contributed by atoms with E-state index in [1.165, 1.54) is 37.7 Å². The van der Waals surface area contributed by atoms with Crippen molar-refractivity contribution in [2.24, 2.45) is 0 Å². The predicted octanol–water partition coefficient (Wildman–Crippen LogP) is 1.56. The van der Waals surface area contributed by atoms with E-state index in [-0.39, 0.29) is 5.91 Å². The number of anilines is 2. The molecule has 1 unspecified atom stereocenters. The van der Waals surface area contributed by atoms with Gasteiger partial charge < -0.3 is 20.4 Å². The minimum atomic E-state index is 0.175. The molecule has 10 nitrogen and oxygen atoms in total. The number of hydrogen-bond acceptors (Lipinski definition) is 9. The van der Waals surface area contributed by atoms with Crippen LogP contribution < -0.4 is 10.6 Å². The highest BCUT2D eigenvalue weighted by Gasteiger charge is 2.31. The summed E-state index contributed by atoms with van der Waals surface area (Å²) < 4.78 is 1.79. The van der Waals surface area contributed by atoms with Gasteiger partial charge in [0.2, 0.25) is 17.8 Å². The third-order valence-corrected chi connectivity index (χ3v) is 6.52. The molecule has 2 N–H and O–H groups in total. The molecule has 0 aliphatic carbocycles. The number of rotatable bonds is 9. The maximum Gasteiger partial charge on any atom is 0.261 e. The molecule has 164 valence electrons. The maximum absolute atomic E-state index is 13.0. The molecule has 0 bridgehead atoms. The topological polar surface area (TPSA) is 104 Å². The normalized spacial score (nSPS) is 19.7. The minimum Gasteiger partial charge on any atom is -0.355 e. The van der Waals surface area contributed by atoms with Crippen LogP contribution in [0.2, 0.25) is 0 Å². The molecular weight excluding hydrogens is 402 g/mol. The number of carbonyl (C=O) groups excluding carboxylic acids is 1. The standard InChI is InChI=1S/C19H31N9OS/c1-3-20-16-22-17(21-4-2)28-18(23-16)24-25-19(28)30-13-15(29)27-11-7-8-14(27)12-26-9-5-6-10-26/h14H,3-13H2,1-2H3,(H2,20,21,22,23,24). The molecule has 11 heteroatoms. The van der Waals surface area contributed by atoms with Crippen molar-refractivity contribution in [2.75, 3.05) is 55.7 Å². The van der Waals surface area contributed by atoms with Crippen LogP contribution in [0, 0.1) is 0 Å². The van der Waals surface area contributed by atoms with Gasteiger partial charge in [-0.25, -0.2) is 4.40 Å². The zero-order valence-corrected chi connectivity index (χ0v) is 18.6. The van der Waals surface area contributed by atoms with Gasteiger partial charge in [0.25, 0.3) is 5.78 Å². The molecule has 2 aliphatic rings. The Kier molecular flexibility index (Phi) is 6.88. The molecule has 0 radical (unpaired) electrons. The second-order valence-electron chi connectivity index (χ2n) is 7.73. The van der Waals surface area contributed by atoms with Crippen molar-refractivity contribution in [1.82, 2.24) is 34.4 Å². The molecule has 30 heavy (non-hydrogen) atoms. The van der Waals surface area contributed by atoms with Crippen LogP contribution in [0.25, 0.3) is 5.78 Å². The van der Waals surface area contributed by atoms with Crippen LogP contribution in [0.4, 0.5) is 11.9 Å². The number of thioether (sulfide) groups is 1. The Balaban J connectivity index is 1.44. The Morgan fingerprint density at radius 3 is 2.63 bits per heavy atom. The fraction of sp³-hybridized carbons (Fsp3) is 0.737. The quantitative estimate of drug-likeness (QED) is 0.570. The maximum atomic E-state index is 13.0. The summed E-state index contributed by atoms with van der Waals surface area (Å²) in [5.41, 5.74) is 0. The van der Waals surface area contributed by atoms with E-state index in [2.05, 4.69) is 40.6 Å². The summed E-state index contributed by atoms with van der Waals surface area (Å²) in [4.78, 5) is 26.5. The second kappa shape index (κ2) is 9.78. The van der Waals surface area contributed by atoms with E-state index in [4.69, 9.17) is 0 Å². The molecule has 0 saturated carbocycles. The second-order valence-corrected chi connectivity index (χ2v) is 8.67. The summed E-state index contributed by atoms with van der Waals surface area (Å²) in [5.74, 6) is 2.14. The van der Waals surface area contributed by atoms with Gasteiger partial charge in [-0.15, -0.1) is 10.2 Å². The summed E-state index contributed by atoms with van der Waals surface area (Å²) in [6.07, 6.45) is 4.76. The summed E-state index contributed by atoms with van der Waals surface area (Å²) in [6.45, 7) is 9.64. The Morgan fingerprint density at radius 1 is 1.07 bits per heavy atom. The molecule has 1 amide bonds. The third-order valence-electron chi connectivity index (χ3n) is 5.61. The van der Waals surface area contributed by atoms with Gasteiger partial charge in [-0.05, 0) is 52.6 Å². The lowest BCUT2D eigenvalue weighted by Crippen LogP contribution is -2.43. The van der Waals surface area contributed by atoms with Crippen LogP contribution in [0.5, 0.6) is 0 Å². The van der Waals surface area contributed by atoms with E-state index in [1.54, 1.807) is 4.40 Å². The number of aromatic nitrogens is 5. The van der Waals surface area contributed by atoms with E-state index in [9.17, 15) is 4.79 Å². The van der Waals surface area contributed by atoms with Crippen LogP contribution in [0.15, 0.2) is 5.16 Å². The molecule has 2 aromatic rings. The smallest absolute Gasteiger partial charge is 0.261 e. The first-order valence-corrected chi connectivity index (χ1v) is 11.9. The lowest BCUT2D eigenvalue weighted by atomic mass is 10.2. The number of amides is 1. The monoisotopic (exact) mass is 433 g/mol. The summed E-state index contributed by atoms with van der Waals surface area (Å²) in [7, 11) is 0. The van der Waals surface area contributed by atoms with Crippen molar-refractivity contribution < 1.29 is 4.79 Å². The zero-order chi connectivity index (χ0) is 20.9. The number of hydrogen-bond donors (Lipinski definition) is 2. The average Bonchev–Trinajstić information content (AvgIpc) is 3.48. The van der Waals surface area contributed by atoms with Crippen molar-refractivity contribution in [3.63, 3.8) is 0 Å². The van der Waals surface area contributed by atoms with Gasteiger partial charge in [-0.3, -0.25) is 4.79 Å². The fourth-order valence-electron chi connectivity index (χ4n) is 4.22. The third kappa shape index (κ3) is 4.61. The highest BCUT2D eigenvalue weighted by molar-refractivity contribution is 7.99. The molecule has 4 rings (SSSR count). The molecule has 2 aromatic heterocycles. The molecule has 0 aromatic carbocycles. The number of nitrogens with zero attached hydrogens (tertiary/aromatic N) is 7. The Bertz CT molecular complexity index is 867. The highest BCUT2D eigenvalue weighted by Crippen LogP contribution is 2.25. The molecule has 2 aliphatic heterocycles. The van der Waals surface area contributed by atoms with E-state index < -0.39 is 0 Å². The largest absolute Gasteiger partial charge is 0.355 e. The Hall–Kier alpha value is -2.14. The van der Waals surface area contributed by atoms with Gasteiger partial charge in [-0.2, -0.15) is 9.97 Å². The van der Waals surface area contributed by atoms with E-state index in [0.717, 1.165) is 32.5 Å². The molecule has 2 saturated heterocycles. The predicted molar refractivity (Wildman–Crippen MR) is 118 cm³/mol. The van der Waals surface area contributed by atoms with Crippen molar-refractivity contribution in [3.05, 3.63) is 0 Å². The van der Waals surface area contributed by atoms with Gasteiger partial charge >= 0.3 is 0 Å². The van der Waals surface area contributed by atoms with Crippen LogP contribution >= 0.6 is 11.8 Å². The van der Waals surface area contributed by atoms with Gasteiger partial charge in [0, 0.05) is 32.2 Å².